The van der Waals surface area contributed by atoms with E-state index in [1.54, 1.807) is 23.1 Å². The average molecular weight is 460 g/mol. The topological polar surface area (TPSA) is 63.0 Å². The van der Waals surface area contributed by atoms with Crippen molar-refractivity contribution < 1.29 is 27.1 Å². The molecule has 1 amide bonds. The molecule has 0 bridgehead atoms. The summed E-state index contributed by atoms with van der Waals surface area (Å²) in [6.45, 7) is 4.46. The first kappa shape index (κ1) is 22.8. The van der Waals surface area contributed by atoms with Gasteiger partial charge in [0.1, 0.15) is 11.3 Å². The van der Waals surface area contributed by atoms with Gasteiger partial charge in [-0.2, -0.15) is 13.2 Å². The number of piperazine rings is 1. The summed E-state index contributed by atoms with van der Waals surface area (Å²) in [5, 5.41) is 0.803. The van der Waals surface area contributed by atoms with E-state index in [1.165, 1.54) is 18.2 Å². The number of rotatable bonds is 5. The summed E-state index contributed by atoms with van der Waals surface area (Å²) in [7, 11) is 0. The number of fused-ring (bicyclic) bond motifs is 1. The Labute approximate surface area is 188 Å². The van der Waals surface area contributed by atoms with Gasteiger partial charge in [0.2, 0.25) is 0 Å². The molecule has 3 aromatic rings. The Morgan fingerprint density at radius 1 is 1.03 bits per heavy atom. The first-order chi connectivity index (χ1) is 15.7. The van der Waals surface area contributed by atoms with Gasteiger partial charge in [0.15, 0.2) is 6.61 Å². The minimum atomic E-state index is -4.34. The van der Waals surface area contributed by atoms with Crippen molar-refractivity contribution in [3.05, 3.63) is 75.6 Å². The minimum absolute atomic E-state index is 0.138. The molecule has 1 fully saturated rings. The third kappa shape index (κ3) is 5.54. The Morgan fingerprint density at radius 3 is 2.39 bits per heavy atom. The van der Waals surface area contributed by atoms with Crippen molar-refractivity contribution in [2.45, 2.75) is 19.6 Å². The third-order valence-corrected chi connectivity index (χ3v) is 5.70. The highest BCUT2D eigenvalue weighted by atomic mass is 19.4. The molecule has 0 radical (unpaired) electrons. The lowest BCUT2D eigenvalue weighted by atomic mass is 10.1. The Hall–Kier alpha value is -3.33. The molecule has 2 aromatic carbocycles. The van der Waals surface area contributed by atoms with E-state index in [2.05, 4.69) is 4.90 Å². The normalized spacial score (nSPS) is 15.1. The van der Waals surface area contributed by atoms with Crippen LogP contribution in [0.2, 0.25) is 0 Å². The van der Waals surface area contributed by atoms with E-state index in [1.807, 2.05) is 6.92 Å². The summed E-state index contributed by atoms with van der Waals surface area (Å²) >= 11 is 0. The first-order valence-electron chi connectivity index (χ1n) is 10.5. The molecule has 33 heavy (non-hydrogen) atoms. The minimum Gasteiger partial charge on any atom is -0.484 e. The molecule has 0 unspecified atom stereocenters. The van der Waals surface area contributed by atoms with Gasteiger partial charge in [0, 0.05) is 50.2 Å². The fourth-order valence-electron chi connectivity index (χ4n) is 3.84. The van der Waals surface area contributed by atoms with Crippen molar-refractivity contribution in [2.75, 3.05) is 32.8 Å². The summed E-state index contributed by atoms with van der Waals surface area (Å²) in [6.07, 6.45) is -4.34. The molecular weight excluding hydrogens is 437 g/mol. The molecule has 0 atom stereocenters. The number of ether oxygens (including phenoxy) is 1. The van der Waals surface area contributed by atoms with Gasteiger partial charge in [0.25, 0.3) is 5.91 Å². The lowest BCUT2D eigenvalue weighted by molar-refractivity contribution is -0.137. The summed E-state index contributed by atoms with van der Waals surface area (Å²) in [5.41, 5.74) is 0.900. The van der Waals surface area contributed by atoms with Crippen molar-refractivity contribution >= 4 is 16.9 Å². The van der Waals surface area contributed by atoms with E-state index in [9.17, 15) is 22.8 Å². The molecule has 174 valence electrons. The van der Waals surface area contributed by atoms with Crippen LogP contribution in [0.1, 0.15) is 16.7 Å². The number of nitrogens with zero attached hydrogens (tertiary/aromatic N) is 2. The van der Waals surface area contributed by atoms with Crippen molar-refractivity contribution in [1.82, 2.24) is 9.80 Å². The van der Waals surface area contributed by atoms with Crippen molar-refractivity contribution in [2.24, 2.45) is 0 Å². The molecule has 6 nitrogen and oxygen atoms in total. The summed E-state index contributed by atoms with van der Waals surface area (Å²) in [5.74, 6) is 0.278. The second-order valence-corrected chi connectivity index (χ2v) is 8.05. The Bertz CT molecular complexity index is 1200. The number of aryl methyl sites for hydroxylation is 1. The number of alkyl halides is 3. The second-order valence-electron chi connectivity index (χ2n) is 8.05. The van der Waals surface area contributed by atoms with Crippen LogP contribution in [-0.4, -0.2) is 48.5 Å². The molecular formula is C24H23F3N2O4. The maximum atomic E-state index is 12.7. The fourth-order valence-corrected chi connectivity index (χ4v) is 3.84. The van der Waals surface area contributed by atoms with Crippen molar-refractivity contribution in [3.63, 3.8) is 0 Å². The zero-order valence-corrected chi connectivity index (χ0v) is 18.0. The van der Waals surface area contributed by atoms with Gasteiger partial charge in [-0.05, 0) is 42.3 Å². The highest BCUT2D eigenvalue weighted by Gasteiger charge is 2.30. The van der Waals surface area contributed by atoms with Gasteiger partial charge in [-0.1, -0.05) is 12.1 Å². The molecule has 0 saturated carbocycles. The van der Waals surface area contributed by atoms with Gasteiger partial charge in [-0.15, -0.1) is 0 Å². The van der Waals surface area contributed by atoms with Gasteiger partial charge in [-0.25, -0.2) is 4.79 Å². The van der Waals surface area contributed by atoms with E-state index >= 15 is 0 Å². The summed E-state index contributed by atoms with van der Waals surface area (Å²) in [6, 6.07) is 11.7. The number of carbonyl (C=O) groups is 1. The lowest BCUT2D eigenvalue weighted by Gasteiger charge is -2.34. The average Bonchev–Trinajstić information content (AvgIpc) is 2.77. The summed E-state index contributed by atoms with van der Waals surface area (Å²) in [4.78, 5) is 27.9. The Morgan fingerprint density at radius 2 is 1.73 bits per heavy atom. The van der Waals surface area contributed by atoms with Gasteiger partial charge in [0.05, 0.1) is 5.56 Å². The Kier molecular flexibility index (Phi) is 6.42. The largest absolute Gasteiger partial charge is 0.484 e. The van der Waals surface area contributed by atoms with E-state index in [0.717, 1.165) is 28.6 Å². The summed E-state index contributed by atoms with van der Waals surface area (Å²) < 4.78 is 48.9. The third-order valence-electron chi connectivity index (χ3n) is 5.70. The van der Waals surface area contributed by atoms with E-state index < -0.39 is 17.4 Å². The van der Waals surface area contributed by atoms with Crippen LogP contribution < -0.4 is 10.4 Å². The number of hydrogen-bond acceptors (Lipinski definition) is 5. The molecule has 9 heteroatoms. The van der Waals surface area contributed by atoms with Crippen LogP contribution >= 0.6 is 0 Å². The van der Waals surface area contributed by atoms with Crippen LogP contribution in [0.15, 0.2) is 57.7 Å². The van der Waals surface area contributed by atoms with Crippen LogP contribution in [0.4, 0.5) is 13.2 Å². The highest BCUT2D eigenvalue weighted by Crippen LogP contribution is 2.29. The standard InChI is InChI=1S/C24H23F3N2O4/c1-16-12-23(31)33-21-13-19(6-7-20(16)21)32-15-22(30)29-10-8-28(9-11-29)14-17-2-4-18(5-3-17)24(25,26)27/h2-7,12-13H,8-11,14-15H2,1H3. The fraction of sp³-hybridized carbons (Fsp3) is 0.333. The number of halogens is 3. The molecule has 0 aliphatic carbocycles. The van der Waals surface area contributed by atoms with Crippen molar-refractivity contribution in [1.29, 1.82) is 0 Å². The number of hydrogen-bond donors (Lipinski definition) is 0. The molecule has 4 rings (SSSR count). The van der Waals surface area contributed by atoms with E-state index in [4.69, 9.17) is 9.15 Å². The maximum absolute atomic E-state index is 12.7. The monoisotopic (exact) mass is 460 g/mol. The predicted molar refractivity (Wildman–Crippen MR) is 116 cm³/mol. The van der Waals surface area contributed by atoms with Crippen LogP contribution in [0, 0.1) is 6.92 Å². The zero-order chi connectivity index (χ0) is 23.6. The molecule has 1 aliphatic heterocycles. The second kappa shape index (κ2) is 9.27. The van der Waals surface area contributed by atoms with Gasteiger partial charge < -0.3 is 14.1 Å². The molecule has 1 saturated heterocycles. The molecule has 1 aliphatic rings. The first-order valence-corrected chi connectivity index (χ1v) is 10.5. The SMILES string of the molecule is Cc1cc(=O)oc2cc(OCC(=O)N3CCN(Cc4ccc(C(F)(F)F)cc4)CC3)ccc12. The van der Waals surface area contributed by atoms with Gasteiger partial charge >= 0.3 is 11.8 Å². The molecule has 0 N–H and O–H groups in total. The van der Waals surface area contributed by atoms with Crippen LogP contribution in [0.25, 0.3) is 11.0 Å². The quantitative estimate of drug-likeness (QED) is 0.542. The molecule has 1 aromatic heterocycles. The molecule has 0 spiro atoms. The molecule has 2 heterocycles. The lowest BCUT2D eigenvalue weighted by Crippen LogP contribution is -2.49. The predicted octanol–water partition coefficient (Wildman–Crippen LogP) is 3.84. The van der Waals surface area contributed by atoms with E-state index in [-0.39, 0.29) is 12.5 Å². The van der Waals surface area contributed by atoms with Crippen LogP contribution in [-0.2, 0) is 17.5 Å². The van der Waals surface area contributed by atoms with Crippen LogP contribution in [0.5, 0.6) is 5.75 Å². The number of benzene rings is 2. The van der Waals surface area contributed by atoms with Gasteiger partial charge in [-0.3, -0.25) is 9.69 Å². The Balaban J connectivity index is 1.27. The highest BCUT2D eigenvalue weighted by molar-refractivity contribution is 5.81. The number of amides is 1. The van der Waals surface area contributed by atoms with Crippen molar-refractivity contribution in [3.8, 4) is 5.75 Å². The maximum Gasteiger partial charge on any atom is 0.416 e. The van der Waals surface area contributed by atoms with E-state index in [0.29, 0.717) is 44.1 Å². The smallest absolute Gasteiger partial charge is 0.416 e. The zero-order valence-electron chi connectivity index (χ0n) is 18.0. The number of carbonyl (C=O) groups excluding carboxylic acids is 1. The van der Waals surface area contributed by atoms with Crippen LogP contribution in [0.3, 0.4) is 0 Å².